The maximum absolute atomic E-state index is 11.4. The molecule has 0 aliphatic rings. The molecule has 0 radical (unpaired) electrons. The number of nitrogens with two attached hydrogens (primary N) is 1. The van der Waals surface area contributed by atoms with Crippen LogP contribution in [-0.2, 0) is 6.42 Å². The third-order valence-electron chi connectivity index (χ3n) is 3.31. The molecule has 0 saturated carbocycles. The highest BCUT2D eigenvalue weighted by Crippen LogP contribution is 2.18. The molecule has 0 heterocycles. The largest absolute Gasteiger partial charge is 0.324 e. The Morgan fingerprint density at radius 3 is 2.45 bits per heavy atom. The highest BCUT2D eigenvalue weighted by Gasteiger charge is 2.08. The lowest BCUT2D eigenvalue weighted by Gasteiger charge is -2.12. The van der Waals surface area contributed by atoms with E-state index in [2.05, 4.69) is 12.1 Å². The van der Waals surface area contributed by atoms with Crippen molar-refractivity contribution in [3.05, 3.63) is 71.3 Å². The Labute approximate surface area is 126 Å². The molecular weight excluding hydrogens is 270 g/mol. The lowest BCUT2D eigenvalue weighted by Crippen LogP contribution is -2.12. The molecule has 0 fully saturated rings. The van der Waals surface area contributed by atoms with Crippen LogP contribution < -0.4 is 5.73 Å². The number of halogens is 1. The molecule has 20 heavy (non-hydrogen) atoms. The topological polar surface area (TPSA) is 43.1 Å². The number of hydrogen-bond donors (Lipinski definition) is 1. The summed E-state index contributed by atoms with van der Waals surface area (Å²) < 4.78 is 0. The van der Waals surface area contributed by atoms with E-state index in [-0.39, 0.29) is 24.2 Å². The summed E-state index contributed by atoms with van der Waals surface area (Å²) in [6, 6.07) is 17.9. The van der Waals surface area contributed by atoms with Crippen LogP contribution in [0, 0.1) is 0 Å². The first-order valence-electron chi connectivity index (χ1n) is 6.57. The number of benzene rings is 2. The molecule has 0 amide bonds. The minimum absolute atomic E-state index is 0. The van der Waals surface area contributed by atoms with Gasteiger partial charge in [0.25, 0.3) is 0 Å². The summed E-state index contributed by atoms with van der Waals surface area (Å²) >= 11 is 0. The Hall–Kier alpha value is -1.64. The van der Waals surface area contributed by atoms with Gasteiger partial charge in [-0.1, -0.05) is 48.5 Å². The van der Waals surface area contributed by atoms with Crippen LogP contribution >= 0.6 is 12.4 Å². The molecule has 0 spiro atoms. The first-order valence-corrected chi connectivity index (χ1v) is 6.57. The summed E-state index contributed by atoms with van der Waals surface area (Å²) in [5, 5.41) is 0. The molecule has 2 rings (SSSR count). The highest BCUT2D eigenvalue weighted by molar-refractivity contribution is 5.94. The summed E-state index contributed by atoms with van der Waals surface area (Å²) in [7, 11) is 0. The van der Waals surface area contributed by atoms with Crippen molar-refractivity contribution in [2.75, 3.05) is 0 Å². The van der Waals surface area contributed by atoms with Gasteiger partial charge in [-0.25, -0.2) is 0 Å². The van der Waals surface area contributed by atoms with Crippen molar-refractivity contribution in [3.63, 3.8) is 0 Å². The second-order valence-corrected chi connectivity index (χ2v) is 4.81. The molecule has 0 aliphatic carbocycles. The second-order valence-electron chi connectivity index (χ2n) is 4.81. The van der Waals surface area contributed by atoms with Gasteiger partial charge in [0, 0.05) is 11.6 Å². The molecule has 2 aromatic rings. The SMILES string of the molecule is CC(=O)c1cccc([C@@H](N)CCc2ccccc2)c1.Cl. The van der Waals surface area contributed by atoms with Crippen LogP contribution in [0.1, 0.15) is 40.9 Å². The smallest absolute Gasteiger partial charge is 0.159 e. The normalized spacial score (nSPS) is 11.5. The molecule has 0 aromatic heterocycles. The van der Waals surface area contributed by atoms with Crippen molar-refractivity contribution >= 4 is 18.2 Å². The summed E-state index contributed by atoms with van der Waals surface area (Å²) in [5.74, 6) is 0.0807. The average Bonchev–Trinajstić information content (AvgIpc) is 2.46. The molecule has 2 nitrogen and oxygen atoms in total. The molecule has 1 atom stereocenters. The predicted octanol–water partition coefficient (Wildman–Crippen LogP) is 3.94. The number of carbonyl (C=O) groups excluding carboxylic acids is 1. The van der Waals surface area contributed by atoms with Crippen LogP contribution in [-0.4, -0.2) is 5.78 Å². The Morgan fingerprint density at radius 1 is 1.10 bits per heavy atom. The zero-order valence-corrected chi connectivity index (χ0v) is 12.4. The minimum Gasteiger partial charge on any atom is -0.324 e. The van der Waals surface area contributed by atoms with Gasteiger partial charge in [0.1, 0.15) is 0 Å². The maximum Gasteiger partial charge on any atom is 0.159 e. The van der Waals surface area contributed by atoms with Crippen molar-refractivity contribution in [1.82, 2.24) is 0 Å². The third-order valence-corrected chi connectivity index (χ3v) is 3.31. The highest BCUT2D eigenvalue weighted by atomic mass is 35.5. The van der Waals surface area contributed by atoms with Crippen molar-refractivity contribution in [3.8, 4) is 0 Å². The van der Waals surface area contributed by atoms with Gasteiger partial charge in [-0.2, -0.15) is 0 Å². The van der Waals surface area contributed by atoms with E-state index in [1.807, 2.05) is 42.5 Å². The van der Waals surface area contributed by atoms with Gasteiger partial charge >= 0.3 is 0 Å². The maximum atomic E-state index is 11.4. The van der Waals surface area contributed by atoms with Crippen molar-refractivity contribution in [2.24, 2.45) is 5.73 Å². The Bertz CT molecular complexity index is 554. The van der Waals surface area contributed by atoms with Crippen LogP contribution in [0.15, 0.2) is 54.6 Å². The number of ketones is 1. The monoisotopic (exact) mass is 289 g/mol. The fourth-order valence-corrected chi connectivity index (χ4v) is 2.12. The fourth-order valence-electron chi connectivity index (χ4n) is 2.12. The summed E-state index contributed by atoms with van der Waals surface area (Å²) in [4.78, 5) is 11.4. The first kappa shape index (κ1) is 16.4. The molecule has 0 saturated heterocycles. The van der Waals surface area contributed by atoms with Gasteiger partial charge in [-0.3, -0.25) is 4.79 Å². The molecule has 106 valence electrons. The zero-order valence-electron chi connectivity index (χ0n) is 11.6. The van der Waals surface area contributed by atoms with Gasteiger partial charge < -0.3 is 5.73 Å². The summed E-state index contributed by atoms with van der Waals surface area (Å²) in [6.07, 6.45) is 1.83. The Kier molecular flexibility index (Phi) is 6.43. The van der Waals surface area contributed by atoms with E-state index in [1.54, 1.807) is 6.92 Å². The average molecular weight is 290 g/mol. The standard InChI is InChI=1S/C17H19NO.ClH/c1-13(19)15-8-5-9-16(12-15)17(18)11-10-14-6-3-2-4-7-14;/h2-9,12,17H,10-11,18H2,1H3;1H/t17-;/m0./s1. The zero-order chi connectivity index (χ0) is 13.7. The van der Waals surface area contributed by atoms with Crippen molar-refractivity contribution < 1.29 is 4.79 Å². The van der Waals surface area contributed by atoms with Crippen LogP contribution in [0.2, 0.25) is 0 Å². The third kappa shape index (κ3) is 4.48. The number of hydrogen-bond acceptors (Lipinski definition) is 2. The molecular formula is C17H20ClNO. The quantitative estimate of drug-likeness (QED) is 0.847. The number of aryl methyl sites for hydroxylation is 1. The van der Waals surface area contributed by atoms with E-state index >= 15 is 0 Å². The van der Waals surface area contributed by atoms with Gasteiger partial charge in [0.05, 0.1) is 0 Å². The van der Waals surface area contributed by atoms with E-state index in [0.717, 1.165) is 24.0 Å². The van der Waals surface area contributed by atoms with Crippen LogP contribution in [0.4, 0.5) is 0 Å². The Balaban J connectivity index is 0.00000200. The summed E-state index contributed by atoms with van der Waals surface area (Å²) in [6.45, 7) is 1.58. The van der Waals surface area contributed by atoms with Gasteiger partial charge in [0.15, 0.2) is 5.78 Å². The van der Waals surface area contributed by atoms with Crippen LogP contribution in [0.3, 0.4) is 0 Å². The van der Waals surface area contributed by atoms with Gasteiger partial charge in [-0.15, -0.1) is 12.4 Å². The van der Waals surface area contributed by atoms with Crippen molar-refractivity contribution in [1.29, 1.82) is 0 Å². The second kappa shape index (κ2) is 7.83. The number of rotatable bonds is 5. The molecule has 0 unspecified atom stereocenters. The van der Waals surface area contributed by atoms with E-state index in [9.17, 15) is 4.79 Å². The molecule has 0 bridgehead atoms. The van der Waals surface area contributed by atoms with Gasteiger partial charge in [0.2, 0.25) is 0 Å². The number of carbonyl (C=O) groups is 1. The van der Waals surface area contributed by atoms with E-state index in [4.69, 9.17) is 5.73 Å². The van der Waals surface area contributed by atoms with Gasteiger partial charge in [-0.05, 0) is 37.0 Å². The van der Waals surface area contributed by atoms with Crippen molar-refractivity contribution in [2.45, 2.75) is 25.8 Å². The number of Topliss-reactive ketones (excluding diaryl/α,β-unsaturated/α-hetero) is 1. The van der Waals surface area contributed by atoms with E-state index in [1.165, 1.54) is 5.56 Å². The fraction of sp³-hybridized carbons (Fsp3) is 0.235. The molecule has 2 N–H and O–H groups in total. The first-order chi connectivity index (χ1) is 9.16. The molecule has 3 heteroatoms. The lowest BCUT2D eigenvalue weighted by atomic mass is 9.97. The van der Waals surface area contributed by atoms with E-state index in [0.29, 0.717) is 0 Å². The Morgan fingerprint density at radius 2 is 1.80 bits per heavy atom. The van der Waals surface area contributed by atoms with Crippen LogP contribution in [0.5, 0.6) is 0 Å². The lowest BCUT2D eigenvalue weighted by molar-refractivity contribution is 0.101. The minimum atomic E-state index is -0.0282. The van der Waals surface area contributed by atoms with E-state index < -0.39 is 0 Å². The molecule has 2 aromatic carbocycles. The predicted molar refractivity (Wildman–Crippen MR) is 85.4 cm³/mol. The molecule has 0 aliphatic heterocycles. The van der Waals surface area contributed by atoms with Crippen LogP contribution in [0.25, 0.3) is 0 Å². The summed E-state index contributed by atoms with van der Waals surface area (Å²) in [5.41, 5.74) is 9.25.